The molecular weight excluding hydrogens is 238 g/mol. The normalized spacial score (nSPS) is 20.8. The minimum atomic E-state index is 0.552. The first-order valence-electron chi connectivity index (χ1n) is 8.01. The van der Waals surface area contributed by atoms with Gasteiger partial charge in [0, 0.05) is 17.3 Å². The van der Waals surface area contributed by atoms with Gasteiger partial charge in [0.2, 0.25) is 0 Å². The van der Waals surface area contributed by atoms with Crippen molar-refractivity contribution in [3.05, 3.63) is 0 Å². The van der Waals surface area contributed by atoms with Gasteiger partial charge < -0.3 is 5.32 Å². The molecule has 0 saturated heterocycles. The second-order valence-corrected chi connectivity index (χ2v) is 7.35. The summed E-state index contributed by atoms with van der Waals surface area (Å²) in [6.45, 7) is 5.87. The van der Waals surface area contributed by atoms with Crippen molar-refractivity contribution in [1.82, 2.24) is 5.32 Å². The molecule has 0 aliphatic heterocycles. The van der Waals surface area contributed by atoms with Crippen molar-refractivity contribution < 1.29 is 0 Å². The summed E-state index contributed by atoms with van der Waals surface area (Å²) in [5, 5.41) is 3.80. The Balaban J connectivity index is 2.16. The number of rotatable bonds is 9. The van der Waals surface area contributed by atoms with Crippen LogP contribution in [0, 0.1) is 0 Å². The Labute approximate surface area is 119 Å². The molecular formula is C16H33NS. The Bertz CT molecular complexity index is 199. The van der Waals surface area contributed by atoms with E-state index in [0.29, 0.717) is 10.8 Å². The van der Waals surface area contributed by atoms with E-state index in [1.165, 1.54) is 70.8 Å². The van der Waals surface area contributed by atoms with E-state index < -0.39 is 0 Å². The third kappa shape index (κ3) is 5.97. The van der Waals surface area contributed by atoms with Gasteiger partial charge in [0.15, 0.2) is 0 Å². The van der Waals surface area contributed by atoms with Gasteiger partial charge in [0.1, 0.15) is 0 Å². The van der Waals surface area contributed by atoms with Crippen molar-refractivity contribution >= 4 is 11.8 Å². The molecule has 1 aliphatic carbocycles. The van der Waals surface area contributed by atoms with Crippen LogP contribution in [0.1, 0.15) is 78.1 Å². The van der Waals surface area contributed by atoms with E-state index in [1.54, 1.807) is 0 Å². The minimum absolute atomic E-state index is 0.552. The van der Waals surface area contributed by atoms with Crippen molar-refractivity contribution in [3.63, 3.8) is 0 Å². The third-order valence-corrected chi connectivity index (χ3v) is 5.88. The van der Waals surface area contributed by atoms with Crippen LogP contribution in [0.25, 0.3) is 0 Å². The summed E-state index contributed by atoms with van der Waals surface area (Å²) in [5.74, 6) is 0. The monoisotopic (exact) mass is 271 g/mol. The summed E-state index contributed by atoms with van der Waals surface area (Å²) < 4.78 is 0.552. The van der Waals surface area contributed by atoms with Crippen LogP contribution in [0.2, 0.25) is 0 Å². The summed E-state index contributed by atoms with van der Waals surface area (Å²) in [6, 6.07) is 0.702. The van der Waals surface area contributed by atoms with Crippen LogP contribution in [0.3, 0.4) is 0 Å². The minimum Gasteiger partial charge on any atom is -0.313 e. The molecule has 1 aliphatic rings. The molecule has 0 aromatic rings. The van der Waals surface area contributed by atoms with E-state index in [-0.39, 0.29) is 0 Å². The fraction of sp³-hybridized carbons (Fsp3) is 1.00. The van der Waals surface area contributed by atoms with Gasteiger partial charge in [-0.15, -0.1) is 0 Å². The Morgan fingerprint density at radius 3 is 2.44 bits per heavy atom. The second-order valence-electron chi connectivity index (χ2n) is 6.08. The van der Waals surface area contributed by atoms with Gasteiger partial charge in [-0.1, -0.05) is 51.9 Å². The van der Waals surface area contributed by atoms with Crippen molar-refractivity contribution in [1.29, 1.82) is 0 Å². The highest BCUT2D eigenvalue weighted by molar-refractivity contribution is 8.00. The highest BCUT2D eigenvalue weighted by Gasteiger charge is 2.30. The molecule has 1 saturated carbocycles. The second kappa shape index (κ2) is 9.25. The number of thioether (sulfide) groups is 1. The third-order valence-electron chi connectivity index (χ3n) is 4.46. The summed E-state index contributed by atoms with van der Waals surface area (Å²) in [7, 11) is 0. The first-order valence-corrected chi connectivity index (χ1v) is 9.23. The molecule has 0 aromatic heterocycles. The molecule has 2 heteroatoms. The van der Waals surface area contributed by atoms with Gasteiger partial charge in [0.05, 0.1) is 0 Å². The van der Waals surface area contributed by atoms with E-state index in [4.69, 9.17) is 0 Å². The Hall–Kier alpha value is 0.310. The molecule has 18 heavy (non-hydrogen) atoms. The lowest BCUT2D eigenvalue weighted by Crippen LogP contribution is -2.42. The van der Waals surface area contributed by atoms with Crippen LogP contribution in [-0.4, -0.2) is 23.6 Å². The van der Waals surface area contributed by atoms with Crippen LogP contribution < -0.4 is 5.32 Å². The maximum atomic E-state index is 3.80. The highest BCUT2D eigenvalue weighted by atomic mass is 32.2. The van der Waals surface area contributed by atoms with Crippen LogP contribution in [0.5, 0.6) is 0 Å². The zero-order valence-corrected chi connectivity index (χ0v) is 13.6. The molecule has 0 aromatic carbocycles. The smallest absolute Gasteiger partial charge is 0.0281 e. The number of hydrogen-bond donors (Lipinski definition) is 1. The van der Waals surface area contributed by atoms with Crippen LogP contribution in [0.15, 0.2) is 0 Å². The maximum absolute atomic E-state index is 3.80. The Morgan fingerprint density at radius 2 is 1.83 bits per heavy atom. The molecule has 1 nitrogen and oxygen atoms in total. The molecule has 108 valence electrons. The molecule has 0 radical (unpaired) electrons. The van der Waals surface area contributed by atoms with Crippen molar-refractivity contribution in [2.24, 2.45) is 0 Å². The quantitative estimate of drug-likeness (QED) is 0.592. The van der Waals surface area contributed by atoms with E-state index in [0.717, 1.165) is 0 Å². The van der Waals surface area contributed by atoms with Gasteiger partial charge in [-0.25, -0.2) is 0 Å². The maximum Gasteiger partial charge on any atom is 0.0281 e. The van der Waals surface area contributed by atoms with E-state index in [9.17, 15) is 0 Å². The van der Waals surface area contributed by atoms with Gasteiger partial charge in [-0.2, -0.15) is 11.8 Å². The average molecular weight is 272 g/mol. The molecule has 0 heterocycles. The predicted octanol–water partition coefficient (Wildman–Crippen LogP) is 5.00. The van der Waals surface area contributed by atoms with Crippen molar-refractivity contribution in [2.45, 2.75) is 88.8 Å². The van der Waals surface area contributed by atoms with Gasteiger partial charge in [0.25, 0.3) is 0 Å². The van der Waals surface area contributed by atoms with Crippen LogP contribution in [0.4, 0.5) is 0 Å². The fourth-order valence-corrected chi connectivity index (χ4v) is 3.91. The number of hydrogen-bond acceptors (Lipinski definition) is 2. The molecule has 1 fully saturated rings. The summed E-state index contributed by atoms with van der Waals surface area (Å²) in [4.78, 5) is 0. The van der Waals surface area contributed by atoms with E-state index in [1.807, 2.05) is 0 Å². The van der Waals surface area contributed by atoms with Crippen molar-refractivity contribution in [3.8, 4) is 0 Å². The molecule has 1 unspecified atom stereocenters. The molecule has 1 atom stereocenters. The number of unbranched alkanes of at least 4 members (excludes halogenated alkanes) is 3. The van der Waals surface area contributed by atoms with Gasteiger partial charge >= 0.3 is 0 Å². The lowest BCUT2D eigenvalue weighted by atomic mass is 9.88. The fourth-order valence-electron chi connectivity index (χ4n) is 2.99. The Morgan fingerprint density at radius 1 is 1.11 bits per heavy atom. The van der Waals surface area contributed by atoms with E-state index >= 15 is 0 Å². The van der Waals surface area contributed by atoms with E-state index in [2.05, 4.69) is 37.2 Å². The molecule has 0 amide bonds. The average Bonchev–Trinajstić information content (AvgIpc) is 2.42. The molecule has 1 rings (SSSR count). The predicted molar refractivity (Wildman–Crippen MR) is 85.6 cm³/mol. The summed E-state index contributed by atoms with van der Waals surface area (Å²) in [6.07, 6.45) is 16.4. The highest BCUT2D eigenvalue weighted by Crippen LogP contribution is 2.38. The summed E-state index contributed by atoms with van der Waals surface area (Å²) in [5.41, 5.74) is 0. The molecule has 0 spiro atoms. The van der Waals surface area contributed by atoms with Crippen LogP contribution in [-0.2, 0) is 0 Å². The first-order chi connectivity index (χ1) is 8.72. The van der Waals surface area contributed by atoms with Gasteiger partial charge in [-0.3, -0.25) is 0 Å². The zero-order chi connectivity index (χ0) is 13.3. The number of nitrogens with one attached hydrogen (secondary N) is 1. The Kier molecular flexibility index (Phi) is 8.41. The zero-order valence-electron chi connectivity index (χ0n) is 12.8. The summed E-state index contributed by atoms with van der Waals surface area (Å²) >= 11 is 2.10. The largest absolute Gasteiger partial charge is 0.313 e. The SMILES string of the molecule is CCCCCCC(C)NCC1(SC)CCCCC1. The molecule has 0 bridgehead atoms. The van der Waals surface area contributed by atoms with Crippen LogP contribution >= 0.6 is 11.8 Å². The molecule has 1 N–H and O–H groups in total. The van der Waals surface area contributed by atoms with Gasteiger partial charge in [-0.05, 0) is 32.4 Å². The topological polar surface area (TPSA) is 12.0 Å². The lowest BCUT2D eigenvalue weighted by molar-refractivity contribution is 0.358. The first kappa shape index (κ1) is 16.4. The standard InChI is InChI=1S/C16H33NS/c1-4-5-6-8-11-15(2)17-14-16(18-3)12-9-7-10-13-16/h15,17H,4-14H2,1-3H3. The van der Waals surface area contributed by atoms with Crippen molar-refractivity contribution in [2.75, 3.05) is 12.8 Å². The lowest BCUT2D eigenvalue weighted by Gasteiger charge is -2.37.